The molecular formula is C25H43NOS. The maximum absolute atomic E-state index is 11.1. The van der Waals surface area contributed by atoms with Gasteiger partial charge in [-0.3, -0.25) is 4.79 Å². The number of hydrogen-bond acceptors (Lipinski definition) is 2. The highest BCUT2D eigenvalue weighted by Gasteiger charge is 2.00. The molecule has 0 aliphatic heterocycles. The van der Waals surface area contributed by atoms with E-state index in [0.717, 1.165) is 5.75 Å². The molecule has 1 amide bonds. The summed E-state index contributed by atoms with van der Waals surface area (Å²) < 4.78 is 0. The topological polar surface area (TPSA) is 43.1 Å². The number of nitrogens with two attached hydrogens (primary N) is 1. The van der Waals surface area contributed by atoms with E-state index in [0.29, 0.717) is 5.56 Å². The van der Waals surface area contributed by atoms with Crippen molar-refractivity contribution in [2.75, 3.05) is 5.75 Å². The smallest absolute Gasteiger partial charge is 0.248 e. The van der Waals surface area contributed by atoms with E-state index in [1.54, 1.807) is 0 Å². The van der Waals surface area contributed by atoms with Gasteiger partial charge >= 0.3 is 0 Å². The van der Waals surface area contributed by atoms with Crippen LogP contribution in [0.3, 0.4) is 0 Å². The van der Waals surface area contributed by atoms with Crippen molar-refractivity contribution in [1.82, 2.24) is 0 Å². The first-order valence-electron chi connectivity index (χ1n) is 11.8. The lowest BCUT2D eigenvalue weighted by molar-refractivity contribution is 0.1000. The summed E-state index contributed by atoms with van der Waals surface area (Å²) in [6.07, 6.45) is 22.6. The summed E-state index contributed by atoms with van der Waals surface area (Å²) in [5.74, 6) is 0.809. The van der Waals surface area contributed by atoms with Crippen molar-refractivity contribution in [1.29, 1.82) is 0 Å². The molecule has 0 fully saturated rings. The van der Waals surface area contributed by atoms with Crippen LogP contribution in [0.2, 0.25) is 0 Å². The summed E-state index contributed by atoms with van der Waals surface area (Å²) in [4.78, 5) is 12.3. The van der Waals surface area contributed by atoms with E-state index in [1.807, 2.05) is 36.0 Å². The number of thioether (sulfide) groups is 1. The van der Waals surface area contributed by atoms with Crippen molar-refractivity contribution >= 4 is 17.7 Å². The summed E-state index contributed by atoms with van der Waals surface area (Å²) in [7, 11) is 0. The number of hydrogen-bond donors (Lipinski definition) is 1. The second-order valence-electron chi connectivity index (χ2n) is 8.04. The SMILES string of the molecule is CCCCCCCCCCCCCCCCCCSc1ccc(C(N)=O)cc1. The van der Waals surface area contributed by atoms with Crippen LogP contribution in [0, 0.1) is 0 Å². The molecule has 160 valence electrons. The van der Waals surface area contributed by atoms with Crippen molar-refractivity contribution in [3.05, 3.63) is 29.8 Å². The predicted molar refractivity (Wildman–Crippen MR) is 125 cm³/mol. The summed E-state index contributed by atoms with van der Waals surface area (Å²) in [6, 6.07) is 7.63. The molecule has 1 aromatic rings. The molecule has 0 spiro atoms. The number of amides is 1. The van der Waals surface area contributed by atoms with Crippen molar-refractivity contribution in [3.63, 3.8) is 0 Å². The monoisotopic (exact) mass is 405 g/mol. The number of rotatable bonds is 19. The van der Waals surface area contributed by atoms with Gasteiger partial charge in [-0.15, -0.1) is 11.8 Å². The first-order valence-corrected chi connectivity index (χ1v) is 12.7. The molecule has 1 aromatic carbocycles. The molecule has 0 bridgehead atoms. The minimum absolute atomic E-state index is 0.352. The second kappa shape index (κ2) is 18.1. The van der Waals surface area contributed by atoms with Crippen LogP contribution in [0.5, 0.6) is 0 Å². The van der Waals surface area contributed by atoms with Gasteiger partial charge in [0.25, 0.3) is 0 Å². The minimum atomic E-state index is -0.352. The normalized spacial score (nSPS) is 11.0. The van der Waals surface area contributed by atoms with Gasteiger partial charge in [-0.2, -0.15) is 0 Å². The highest BCUT2D eigenvalue weighted by atomic mass is 32.2. The molecule has 0 saturated carbocycles. The fourth-order valence-electron chi connectivity index (χ4n) is 3.56. The van der Waals surface area contributed by atoms with Crippen molar-refractivity contribution < 1.29 is 4.79 Å². The van der Waals surface area contributed by atoms with Crippen LogP contribution in [0.15, 0.2) is 29.2 Å². The Morgan fingerprint density at radius 3 is 1.46 bits per heavy atom. The van der Waals surface area contributed by atoms with E-state index in [4.69, 9.17) is 5.73 Å². The Kier molecular flexibility index (Phi) is 16.2. The largest absolute Gasteiger partial charge is 0.366 e. The summed E-state index contributed by atoms with van der Waals surface area (Å²) >= 11 is 1.88. The van der Waals surface area contributed by atoms with E-state index in [1.165, 1.54) is 108 Å². The van der Waals surface area contributed by atoms with Crippen LogP contribution >= 0.6 is 11.8 Å². The van der Waals surface area contributed by atoms with Crippen molar-refractivity contribution in [2.45, 2.75) is 115 Å². The van der Waals surface area contributed by atoms with Gasteiger partial charge in [-0.1, -0.05) is 103 Å². The maximum atomic E-state index is 11.1. The average molecular weight is 406 g/mol. The molecule has 0 atom stereocenters. The molecule has 2 nitrogen and oxygen atoms in total. The lowest BCUT2D eigenvalue weighted by Crippen LogP contribution is -2.10. The first-order chi connectivity index (χ1) is 13.7. The van der Waals surface area contributed by atoms with Gasteiger partial charge in [0.2, 0.25) is 5.91 Å². The summed E-state index contributed by atoms with van der Waals surface area (Å²) in [5, 5.41) is 0. The summed E-state index contributed by atoms with van der Waals surface area (Å²) in [5.41, 5.74) is 5.85. The van der Waals surface area contributed by atoms with E-state index in [9.17, 15) is 4.79 Å². The van der Waals surface area contributed by atoms with E-state index in [2.05, 4.69) is 6.92 Å². The average Bonchev–Trinajstić information content (AvgIpc) is 2.70. The van der Waals surface area contributed by atoms with Gasteiger partial charge in [0.1, 0.15) is 0 Å². The van der Waals surface area contributed by atoms with E-state index < -0.39 is 0 Å². The summed E-state index contributed by atoms with van der Waals surface area (Å²) in [6.45, 7) is 2.29. The molecule has 0 radical (unpaired) electrons. The van der Waals surface area contributed by atoms with Crippen LogP contribution in [0.4, 0.5) is 0 Å². The highest BCUT2D eigenvalue weighted by Crippen LogP contribution is 2.21. The van der Waals surface area contributed by atoms with E-state index >= 15 is 0 Å². The molecule has 1 rings (SSSR count). The minimum Gasteiger partial charge on any atom is -0.366 e. The molecule has 2 N–H and O–H groups in total. The Bertz CT molecular complexity index is 486. The molecule has 0 saturated heterocycles. The zero-order chi connectivity index (χ0) is 20.3. The quantitative estimate of drug-likeness (QED) is 0.186. The Balaban J connectivity index is 1.79. The molecule has 0 heterocycles. The van der Waals surface area contributed by atoms with Crippen molar-refractivity contribution in [2.24, 2.45) is 5.73 Å². The van der Waals surface area contributed by atoms with Crippen LogP contribution < -0.4 is 5.73 Å². The number of carbonyl (C=O) groups excluding carboxylic acids is 1. The van der Waals surface area contributed by atoms with Crippen molar-refractivity contribution in [3.8, 4) is 0 Å². The van der Waals surface area contributed by atoms with Gasteiger partial charge < -0.3 is 5.73 Å². The lowest BCUT2D eigenvalue weighted by atomic mass is 10.0. The third-order valence-electron chi connectivity index (χ3n) is 5.41. The molecule has 0 aliphatic carbocycles. The second-order valence-corrected chi connectivity index (χ2v) is 9.21. The third-order valence-corrected chi connectivity index (χ3v) is 6.50. The van der Waals surface area contributed by atoms with Crippen LogP contribution in [-0.4, -0.2) is 11.7 Å². The van der Waals surface area contributed by atoms with Crippen LogP contribution in [0.25, 0.3) is 0 Å². The Morgan fingerprint density at radius 1 is 0.679 bits per heavy atom. The van der Waals surface area contributed by atoms with Gasteiger partial charge in [0, 0.05) is 10.5 Å². The number of primary amides is 1. The Morgan fingerprint density at radius 2 is 1.07 bits per heavy atom. The van der Waals surface area contributed by atoms with Gasteiger partial charge in [0.05, 0.1) is 0 Å². The first kappa shape index (κ1) is 25.1. The van der Waals surface area contributed by atoms with Crippen LogP contribution in [-0.2, 0) is 0 Å². The standard InChI is InChI=1S/C25H43NOS/c1-2-3-4-5-6-7-8-9-10-11-12-13-14-15-16-17-22-28-24-20-18-23(19-21-24)25(26)27/h18-21H,2-17,22H2,1H3,(H2,26,27). The highest BCUT2D eigenvalue weighted by molar-refractivity contribution is 7.99. The fraction of sp³-hybridized carbons (Fsp3) is 0.720. The lowest BCUT2D eigenvalue weighted by Gasteiger charge is -2.04. The molecule has 0 aliphatic rings. The fourth-order valence-corrected chi connectivity index (χ4v) is 4.47. The van der Waals surface area contributed by atoms with Crippen LogP contribution in [0.1, 0.15) is 120 Å². The Hall–Kier alpha value is -0.960. The van der Waals surface area contributed by atoms with Gasteiger partial charge in [-0.05, 0) is 36.4 Å². The number of unbranched alkanes of at least 4 members (excludes halogenated alkanes) is 15. The maximum Gasteiger partial charge on any atom is 0.248 e. The molecule has 0 unspecified atom stereocenters. The molecule has 3 heteroatoms. The molecular weight excluding hydrogens is 362 g/mol. The molecule has 28 heavy (non-hydrogen) atoms. The predicted octanol–water partition coefficient (Wildman–Crippen LogP) is 8.14. The number of benzene rings is 1. The van der Waals surface area contributed by atoms with Gasteiger partial charge in [0.15, 0.2) is 0 Å². The third kappa shape index (κ3) is 14.1. The molecule has 0 aromatic heterocycles. The van der Waals surface area contributed by atoms with Gasteiger partial charge in [-0.25, -0.2) is 0 Å². The zero-order valence-electron chi connectivity index (χ0n) is 18.2. The number of carbonyl (C=O) groups is 1. The van der Waals surface area contributed by atoms with E-state index in [-0.39, 0.29) is 5.91 Å². The Labute approximate surface area is 178 Å². The zero-order valence-corrected chi connectivity index (χ0v) is 19.0.